The van der Waals surface area contributed by atoms with E-state index in [1.807, 2.05) is 18.2 Å². The summed E-state index contributed by atoms with van der Waals surface area (Å²) >= 11 is 0. The molecule has 7 heteroatoms. The summed E-state index contributed by atoms with van der Waals surface area (Å²) in [7, 11) is 0. The van der Waals surface area contributed by atoms with Crippen LogP contribution in [-0.4, -0.2) is 29.3 Å². The SMILES string of the molecule is CC(C)c1ccc(NC(=O)CN2C(=O)NC(C)(c3ccc(C#N)cc3)C2=O)cc1. The lowest BCUT2D eigenvalue weighted by Gasteiger charge is -2.22. The molecule has 4 amide bonds. The Morgan fingerprint density at radius 1 is 1.14 bits per heavy atom. The van der Waals surface area contributed by atoms with E-state index in [1.54, 1.807) is 43.3 Å². The van der Waals surface area contributed by atoms with Crippen LogP contribution in [0.15, 0.2) is 48.5 Å². The van der Waals surface area contributed by atoms with Crippen LogP contribution in [-0.2, 0) is 15.1 Å². The fourth-order valence-corrected chi connectivity index (χ4v) is 3.21. The van der Waals surface area contributed by atoms with Crippen LogP contribution in [0.3, 0.4) is 0 Å². The van der Waals surface area contributed by atoms with Gasteiger partial charge in [0.15, 0.2) is 0 Å². The van der Waals surface area contributed by atoms with E-state index in [-0.39, 0.29) is 6.54 Å². The van der Waals surface area contributed by atoms with Gasteiger partial charge in [0.1, 0.15) is 12.1 Å². The molecule has 29 heavy (non-hydrogen) atoms. The summed E-state index contributed by atoms with van der Waals surface area (Å²) in [5.74, 6) is -0.599. The van der Waals surface area contributed by atoms with Crippen molar-refractivity contribution in [2.24, 2.45) is 0 Å². The van der Waals surface area contributed by atoms with Crippen molar-refractivity contribution in [2.45, 2.75) is 32.2 Å². The van der Waals surface area contributed by atoms with Gasteiger partial charge in [-0.3, -0.25) is 14.5 Å². The first-order chi connectivity index (χ1) is 13.7. The van der Waals surface area contributed by atoms with Gasteiger partial charge in [0.05, 0.1) is 11.6 Å². The quantitative estimate of drug-likeness (QED) is 0.766. The van der Waals surface area contributed by atoms with Crippen molar-refractivity contribution in [3.05, 3.63) is 65.2 Å². The van der Waals surface area contributed by atoms with E-state index in [0.717, 1.165) is 10.5 Å². The lowest BCUT2D eigenvalue weighted by Crippen LogP contribution is -2.42. The van der Waals surface area contributed by atoms with Gasteiger partial charge in [-0.05, 0) is 48.2 Å². The number of urea groups is 1. The van der Waals surface area contributed by atoms with Crippen LogP contribution in [0.4, 0.5) is 10.5 Å². The molecule has 148 valence electrons. The third-order valence-corrected chi connectivity index (χ3v) is 5.03. The molecule has 2 aromatic rings. The number of amides is 4. The largest absolute Gasteiger partial charge is 0.325 e. The van der Waals surface area contributed by atoms with Gasteiger partial charge in [0, 0.05) is 5.69 Å². The molecule has 3 rings (SSSR count). The summed E-state index contributed by atoms with van der Waals surface area (Å²) in [5, 5.41) is 14.3. The molecule has 1 aliphatic heterocycles. The van der Waals surface area contributed by atoms with E-state index in [2.05, 4.69) is 24.5 Å². The van der Waals surface area contributed by atoms with Crippen molar-refractivity contribution < 1.29 is 14.4 Å². The standard InChI is InChI=1S/C22H22N4O3/c1-14(2)16-6-10-18(11-7-16)24-19(27)13-26-20(28)22(3,25-21(26)29)17-8-4-15(12-23)5-9-17/h4-11,14H,13H2,1-3H3,(H,24,27)(H,25,29). The number of nitrogens with one attached hydrogen (secondary N) is 2. The molecule has 1 atom stereocenters. The minimum Gasteiger partial charge on any atom is -0.325 e. The lowest BCUT2D eigenvalue weighted by atomic mass is 9.91. The Kier molecular flexibility index (Phi) is 5.37. The summed E-state index contributed by atoms with van der Waals surface area (Å²) in [4.78, 5) is 38.6. The number of carbonyl (C=O) groups is 3. The third-order valence-electron chi connectivity index (χ3n) is 5.03. The summed E-state index contributed by atoms with van der Waals surface area (Å²) in [6, 6.07) is 15.2. The van der Waals surface area contributed by atoms with E-state index >= 15 is 0 Å². The van der Waals surface area contributed by atoms with Gasteiger partial charge in [-0.15, -0.1) is 0 Å². The van der Waals surface area contributed by atoms with Crippen LogP contribution in [0, 0.1) is 11.3 Å². The number of imide groups is 1. The van der Waals surface area contributed by atoms with Crippen LogP contribution in [0.2, 0.25) is 0 Å². The molecule has 1 fully saturated rings. The highest BCUT2D eigenvalue weighted by molar-refractivity contribution is 6.10. The Morgan fingerprint density at radius 3 is 2.31 bits per heavy atom. The van der Waals surface area contributed by atoms with Crippen LogP contribution < -0.4 is 10.6 Å². The minimum absolute atomic E-state index is 0.380. The molecular formula is C22H22N4O3. The second-order valence-corrected chi connectivity index (χ2v) is 7.46. The number of nitrogens with zero attached hydrogens (tertiary/aromatic N) is 2. The Labute approximate surface area is 169 Å². The van der Waals surface area contributed by atoms with Gasteiger partial charge in [0.2, 0.25) is 5.91 Å². The van der Waals surface area contributed by atoms with Gasteiger partial charge in [-0.1, -0.05) is 38.1 Å². The summed E-state index contributed by atoms with van der Waals surface area (Å²) in [5.41, 5.74) is 1.46. The molecular weight excluding hydrogens is 368 g/mol. The van der Waals surface area contributed by atoms with Gasteiger partial charge < -0.3 is 10.6 Å². The predicted molar refractivity (Wildman–Crippen MR) is 108 cm³/mol. The second kappa shape index (κ2) is 7.76. The number of anilines is 1. The van der Waals surface area contributed by atoms with E-state index in [9.17, 15) is 14.4 Å². The second-order valence-electron chi connectivity index (χ2n) is 7.46. The maximum Gasteiger partial charge on any atom is 0.325 e. The molecule has 0 saturated carbocycles. The maximum atomic E-state index is 12.9. The molecule has 1 heterocycles. The average molecular weight is 390 g/mol. The molecule has 0 bridgehead atoms. The first-order valence-electron chi connectivity index (χ1n) is 9.29. The molecule has 1 aliphatic rings. The number of hydrogen-bond donors (Lipinski definition) is 2. The van der Waals surface area contributed by atoms with E-state index in [4.69, 9.17) is 5.26 Å². The normalized spacial score (nSPS) is 18.5. The molecule has 7 nitrogen and oxygen atoms in total. The van der Waals surface area contributed by atoms with Gasteiger partial charge in [0.25, 0.3) is 5.91 Å². The van der Waals surface area contributed by atoms with Crippen molar-refractivity contribution in [1.82, 2.24) is 10.2 Å². The van der Waals surface area contributed by atoms with Gasteiger partial charge >= 0.3 is 6.03 Å². The average Bonchev–Trinajstić information content (AvgIpc) is 2.92. The fraction of sp³-hybridized carbons (Fsp3) is 0.273. The van der Waals surface area contributed by atoms with E-state index < -0.39 is 23.4 Å². The van der Waals surface area contributed by atoms with E-state index in [0.29, 0.717) is 22.7 Å². The van der Waals surface area contributed by atoms with Crippen molar-refractivity contribution in [3.8, 4) is 6.07 Å². The zero-order valence-electron chi connectivity index (χ0n) is 16.5. The highest BCUT2D eigenvalue weighted by Crippen LogP contribution is 2.29. The zero-order chi connectivity index (χ0) is 21.2. The van der Waals surface area contributed by atoms with Crippen LogP contribution in [0.25, 0.3) is 0 Å². The van der Waals surface area contributed by atoms with Crippen LogP contribution in [0.5, 0.6) is 0 Å². The van der Waals surface area contributed by atoms with Crippen molar-refractivity contribution in [1.29, 1.82) is 5.26 Å². The first-order valence-corrected chi connectivity index (χ1v) is 9.29. The number of benzene rings is 2. The van der Waals surface area contributed by atoms with Crippen LogP contribution >= 0.6 is 0 Å². The Bertz CT molecular complexity index is 990. The summed E-state index contributed by atoms with van der Waals surface area (Å²) < 4.78 is 0. The number of carbonyl (C=O) groups excluding carboxylic acids is 3. The highest BCUT2D eigenvalue weighted by Gasteiger charge is 2.49. The Morgan fingerprint density at radius 2 is 1.76 bits per heavy atom. The first kappa shape index (κ1) is 20.1. The highest BCUT2D eigenvalue weighted by atomic mass is 16.2. The molecule has 1 unspecified atom stereocenters. The van der Waals surface area contributed by atoms with Gasteiger partial charge in [-0.2, -0.15) is 5.26 Å². The van der Waals surface area contributed by atoms with Gasteiger partial charge in [-0.25, -0.2) is 4.79 Å². The number of rotatable bonds is 5. The summed E-state index contributed by atoms with van der Waals surface area (Å²) in [6.45, 7) is 5.35. The monoisotopic (exact) mass is 390 g/mol. The lowest BCUT2D eigenvalue weighted by molar-refractivity contribution is -0.133. The molecule has 1 saturated heterocycles. The smallest absolute Gasteiger partial charge is 0.325 e. The molecule has 0 radical (unpaired) electrons. The Hall–Kier alpha value is -3.66. The summed E-state index contributed by atoms with van der Waals surface area (Å²) in [6.07, 6.45) is 0. The number of hydrogen-bond acceptors (Lipinski definition) is 4. The van der Waals surface area contributed by atoms with Crippen molar-refractivity contribution in [2.75, 3.05) is 11.9 Å². The number of nitriles is 1. The van der Waals surface area contributed by atoms with E-state index in [1.165, 1.54) is 0 Å². The maximum absolute atomic E-state index is 12.9. The van der Waals surface area contributed by atoms with Crippen LogP contribution in [0.1, 0.15) is 43.4 Å². The van der Waals surface area contributed by atoms with Crippen molar-refractivity contribution >= 4 is 23.5 Å². The van der Waals surface area contributed by atoms with Crippen molar-refractivity contribution in [3.63, 3.8) is 0 Å². The molecule has 0 aromatic heterocycles. The molecule has 2 aromatic carbocycles. The third kappa shape index (κ3) is 3.97. The minimum atomic E-state index is -1.29. The zero-order valence-corrected chi connectivity index (χ0v) is 16.5. The molecule has 2 N–H and O–H groups in total. The molecule has 0 spiro atoms. The fourth-order valence-electron chi connectivity index (χ4n) is 3.21. The Balaban J connectivity index is 1.70. The molecule has 0 aliphatic carbocycles. The topological polar surface area (TPSA) is 102 Å². The predicted octanol–water partition coefficient (Wildman–Crippen LogP) is 3.09.